The summed E-state index contributed by atoms with van der Waals surface area (Å²) in [4.78, 5) is 0. The third-order valence-electron chi connectivity index (χ3n) is 2.76. The number of hydrogen-bond acceptors (Lipinski definition) is 3. The lowest BCUT2D eigenvalue weighted by atomic mass is 10.2. The fourth-order valence-corrected chi connectivity index (χ4v) is 1.75. The number of aromatic nitrogens is 1. The van der Waals surface area contributed by atoms with Gasteiger partial charge in [0.25, 0.3) is 0 Å². The zero-order chi connectivity index (χ0) is 12.3. The molecule has 17 heavy (non-hydrogen) atoms. The molecule has 0 saturated carbocycles. The van der Waals surface area contributed by atoms with E-state index in [1.807, 2.05) is 42.9 Å². The normalized spacial score (nSPS) is 12.3. The van der Waals surface area contributed by atoms with Crippen LogP contribution in [0, 0.1) is 11.3 Å². The van der Waals surface area contributed by atoms with Gasteiger partial charge in [-0.25, -0.2) is 0 Å². The van der Waals surface area contributed by atoms with E-state index in [0.717, 1.165) is 17.9 Å². The largest absolute Gasteiger partial charge is 0.468 e. The van der Waals surface area contributed by atoms with Gasteiger partial charge in [-0.15, -0.1) is 0 Å². The Morgan fingerprint density at radius 1 is 1.59 bits per heavy atom. The van der Waals surface area contributed by atoms with Crippen molar-refractivity contribution in [3.8, 4) is 6.07 Å². The molecular formula is C13H15N3O. The van der Waals surface area contributed by atoms with E-state index in [1.54, 1.807) is 6.26 Å². The Balaban J connectivity index is 1.96. The van der Waals surface area contributed by atoms with E-state index in [9.17, 15) is 0 Å². The summed E-state index contributed by atoms with van der Waals surface area (Å²) < 4.78 is 7.14. The Hall–Kier alpha value is -1.99. The number of nitrogens with one attached hydrogen (secondary N) is 1. The van der Waals surface area contributed by atoms with E-state index in [1.165, 1.54) is 0 Å². The Bertz CT molecular complexity index is 519. The molecule has 0 aliphatic rings. The highest BCUT2D eigenvalue weighted by Crippen LogP contribution is 2.13. The van der Waals surface area contributed by atoms with E-state index in [2.05, 4.69) is 11.4 Å². The molecule has 2 rings (SSSR count). The van der Waals surface area contributed by atoms with Gasteiger partial charge in [0.1, 0.15) is 17.5 Å². The standard InChI is InChI=1S/C13H15N3O/c1-10(13-4-3-5-17-13)15-8-11-6-12(7-14)16(2)9-11/h3-6,9-10,15H,8H2,1-2H3/t10-/m1/s1. The van der Waals surface area contributed by atoms with Crippen molar-refractivity contribution in [3.63, 3.8) is 0 Å². The lowest BCUT2D eigenvalue weighted by Gasteiger charge is -2.09. The van der Waals surface area contributed by atoms with Crippen LogP contribution in [0.25, 0.3) is 0 Å². The van der Waals surface area contributed by atoms with Crippen molar-refractivity contribution in [2.45, 2.75) is 19.5 Å². The van der Waals surface area contributed by atoms with Crippen LogP contribution in [0.5, 0.6) is 0 Å². The van der Waals surface area contributed by atoms with Crippen molar-refractivity contribution in [1.82, 2.24) is 9.88 Å². The van der Waals surface area contributed by atoms with Gasteiger partial charge in [0.2, 0.25) is 0 Å². The van der Waals surface area contributed by atoms with Crippen LogP contribution in [0.1, 0.15) is 30.0 Å². The molecule has 0 amide bonds. The van der Waals surface area contributed by atoms with Crippen LogP contribution in [0.15, 0.2) is 35.1 Å². The second kappa shape index (κ2) is 4.89. The smallest absolute Gasteiger partial charge is 0.120 e. The maximum atomic E-state index is 8.85. The third-order valence-corrected chi connectivity index (χ3v) is 2.76. The molecule has 4 nitrogen and oxygen atoms in total. The first kappa shape index (κ1) is 11.5. The molecule has 0 aliphatic heterocycles. The molecule has 0 saturated heterocycles. The van der Waals surface area contributed by atoms with Crippen LogP contribution in [0.4, 0.5) is 0 Å². The van der Waals surface area contributed by atoms with E-state index in [4.69, 9.17) is 9.68 Å². The molecule has 0 fully saturated rings. The summed E-state index contributed by atoms with van der Waals surface area (Å²) in [5.41, 5.74) is 1.77. The second-order valence-corrected chi connectivity index (χ2v) is 4.07. The molecular weight excluding hydrogens is 214 g/mol. The van der Waals surface area contributed by atoms with E-state index in [-0.39, 0.29) is 6.04 Å². The Morgan fingerprint density at radius 2 is 2.41 bits per heavy atom. The van der Waals surface area contributed by atoms with Crippen LogP contribution in [0.3, 0.4) is 0 Å². The molecule has 4 heteroatoms. The quantitative estimate of drug-likeness (QED) is 0.875. The fraction of sp³-hybridized carbons (Fsp3) is 0.308. The van der Waals surface area contributed by atoms with Gasteiger partial charge in [-0.2, -0.15) is 5.26 Å². The van der Waals surface area contributed by atoms with Gasteiger partial charge in [0, 0.05) is 19.8 Å². The average Bonchev–Trinajstić information content (AvgIpc) is 2.95. The van der Waals surface area contributed by atoms with Crippen LogP contribution < -0.4 is 5.32 Å². The number of furan rings is 1. The maximum absolute atomic E-state index is 8.85. The zero-order valence-corrected chi connectivity index (χ0v) is 9.97. The van der Waals surface area contributed by atoms with Crippen LogP contribution in [-0.4, -0.2) is 4.57 Å². The molecule has 88 valence electrons. The molecule has 2 aromatic rings. The first-order chi connectivity index (χ1) is 8.20. The first-order valence-corrected chi connectivity index (χ1v) is 5.53. The summed E-state index contributed by atoms with van der Waals surface area (Å²) in [6, 6.07) is 8.03. The SMILES string of the molecule is C[C@@H](NCc1cc(C#N)n(C)c1)c1ccco1. The number of hydrogen-bond donors (Lipinski definition) is 1. The fourth-order valence-electron chi connectivity index (χ4n) is 1.75. The summed E-state index contributed by atoms with van der Waals surface area (Å²) in [6.07, 6.45) is 3.63. The predicted octanol–water partition coefficient (Wildman–Crippen LogP) is 2.34. The molecule has 2 heterocycles. The predicted molar refractivity (Wildman–Crippen MR) is 64.1 cm³/mol. The molecule has 0 spiro atoms. The number of nitrogens with zero attached hydrogens (tertiary/aromatic N) is 2. The molecule has 1 N–H and O–H groups in total. The number of aryl methyl sites for hydroxylation is 1. The molecule has 0 aromatic carbocycles. The summed E-state index contributed by atoms with van der Waals surface area (Å²) in [6.45, 7) is 2.77. The zero-order valence-electron chi connectivity index (χ0n) is 9.97. The molecule has 1 atom stereocenters. The van der Waals surface area contributed by atoms with Gasteiger partial charge in [-0.05, 0) is 30.7 Å². The van der Waals surface area contributed by atoms with Gasteiger partial charge < -0.3 is 14.3 Å². The van der Waals surface area contributed by atoms with Gasteiger partial charge in [-0.3, -0.25) is 0 Å². The van der Waals surface area contributed by atoms with Crippen molar-refractivity contribution in [1.29, 1.82) is 5.26 Å². The Kier molecular flexibility index (Phi) is 3.31. The van der Waals surface area contributed by atoms with Crippen molar-refractivity contribution in [2.75, 3.05) is 0 Å². The minimum Gasteiger partial charge on any atom is -0.468 e. The number of nitriles is 1. The van der Waals surface area contributed by atoms with Crippen LogP contribution in [-0.2, 0) is 13.6 Å². The highest BCUT2D eigenvalue weighted by Gasteiger charge is 2.08. The lowest BCUT2D eigenvalue weighted by molar-refractivity contribution is 0.430. The van der Waals surface area contributed by atoms with E-state index < -0.39 is 0 Å². The number of rotatable bonds is 4. The van der Waals surface area contributed by atoms with Crippen molar-refractivity contribution in [3.05, 3.63) is 47.7 Å². The third kappa shape index (κ3) is 2.58. The molecule has 0 aliphatic carbocycles. The highest BCUT2D eigenvalue weighted by molar-refractivity contribution is 5.28. The summed E-state index contributed by atoms with van der Waals surface area (Å²) in [5, 5.41) is 12.2. The van der Waals surface area contributed by atoms with E-state index in [0.29, 0.717) is 5.69 Å². The monoisotopic (exact) mass is 229 g/mol. The van der Waals surface area contributed by atoms with Gasteiger partial charge in [0.05, 0.1) is 12.3 Å². The maximum Gasteiger partial charge on any atom is 0.120 e. The average molecular weight is 229 g/mol. The van der Waals surface area contributed by atoms with Crippen molar-refractivity contribution < 1.29 is 4.42 Å². The van der Waals surface area contributed by atoms with Crippen LogP contribution >= 0.6 is 0 Å². The molecule has 0 radical (unpaired) electrons. The summed E-state index contributed by atoms with van der Waals surface area (Å²) >= 11 is 0. The second-order valence-electron chi connectivity index (χ2n) is 4.07. The van der Waals surface area contributed by atoms with Gasteiger partial charge in [-0.1, -0.05) is 0 Å². The molecule has 0 bridgehead atoms. The molecule has 2 aromatic heterocycles. The summed E-state index contributed by atoms with van der Waals surface area (Å²) in [7, 11) is 1.87. The van der Waals surface area contributed by atoms with Gasteiger partial charge >= 0.3 is 0 Å². The molecule has 0 unspecified atom stereocenters. The van der Waals surface area contributed by atoms with Crippen molar-refractivity contribution in [2.24, 2.45) is 7.05 Å². The minimum atomic E-state index is 0.163. The minimum absolute atomic E-state index is 0.163. The van der Waals surface area contributed by atoms with Crippen molar-refractivity contribution >= 4 is 0 Å². The first-order valence-electron chi connectivity index (χ1n) is 5.53. The summed E-state index contributed by atoms with van der Waals surface area (Å²) in [5.74, 6) is 0.918. The van der Waals surface area contributed by atoms with E-state index >= 15 is 0 Å². The topological polar surface area (TPSA) is 53.9 Å². The Morgan fingerprint density at radius 3 is 3.00 bits per heavy atom. The highest BCUT2D eigenvalue weighted by atomic mass is 16.3. The van der Waals surface area contributed by atoms with Crippen LogP contribution in [0.2, 0.25) is 0 Å². The van der Waals surface area contributed by atoms with Gasteiger partial charge in [0.15, 0.2) is 0 Å². The lowest BCUT2D eigenvalue weighted by Crippen LogP contribution is -2.17. The Labute approximate surface area is 100 Å².